The summed E-state index contributed by atoms with van der Waals surface area (Å²) in [5, 5.41) is 0.977. The molecule has 1 aromatic rings. The van der Waals surface area contributed by atoms with Crippen LogP contribution in [0.5, 0.6) is 0 Å². The Morgan fingerprint density at radius 2 is 2.28 bits per heavy atom. The highest BCUT2D eigenvalue weighted by Gasteiger charge is 2.32. The maximum Gasteiger partial charge on any atom is 0.351 e. The highest BCUT2D eigenvalue weighted by molar-refractivity contribution is 7.18. The van der Waals surface area contributed by atoms with E-state index in [2.05, 4.69) is 14.6 Å². The van der Waals surface area contributed by atoms with Crippen molar-refractivity contribution < 1.29 is 14.3 Å². The maximum absolute atomic E-state index is 11.5. The third-order valence-electron chi connectivity index (χ3n) is 2.71. The van der Waals surface area contributed by atoms with Gasteiger partial charge in [-0.05, 0) is 12.8 Å². The Morgan fingerprint density at radius 1 is 1.56 bits per heavy atom. The quantitative estimate of drug-likeness (QED) is 0.752. The number of anilines is 1. The van der Waals surface area contributed by atoms with Crippen molar-refractivity contribution in [3.63, 3.8) is 0 Å². The van der Waals surface area contributed by atoms with Crippen molar-refractivity contribution in [3.05, 3.63) is 10.0 Å². The lowest BCUT2D eigenvalue weighted by atomic mass is 10.5. The minimum absolute atomic E-state index is 0.213. The van der Waals surface area contributed by atoms with Crippen LogP contribution in [0, 0.1) is 0 Å². The second-order valence-electron chi connectivity index (χ2n) is 4.03. The minimum Gasteiger partial charge on any atom is -0.465 e. The fourth-order valence-corrected chi connectivity index (χ4v) is 2.94. The Morgan fingerprint density at radius 3 is 2.83 bits per heavy atom. The predicted octanol–water partition coefficient (Wildman–Crippen LogP) is 2.20. The molecular weight excluding hydrogens is 276 g/mol. The van der Waals surface area contributed by atoms with Crippen LogP contribution < -0.4 is 4.90 Å². The number of carbonyl (C=O) groups excluding carboxylic acids is 1. The van der Waals surface area contributed by atoms with Gasteiger partial charge in [-0.2, -0.15) is 0 Å². The average Bonchev–Trinajstić information content (AvgIpc) is 3.12. The number of hydrogen-bond acceptors (Lipinski definition) is 6. The Bertz CT molecular complexity index is 434. The minimum atomic E-state index is -0.439. The van der Waals surface area contributed by atoms with Crippen LogP contribution in [0.15, 0.2) is 0 Å². The smallest absolute Gasteiger partial charge is 0.351 e. The molecular formula is C11H15ClN2O3S. The third-order valence-corrected chi connectivity index (χ3v) is 4.17. The van der Waals surface area contributed by atoms with E-state index >= 15 is 0 Å². The molecule has 0 amide bonds. The molecule has 0 atom stereocenters. The molecule has 1 aliphatic carbocycles. The lowest BCUT2D eigenvalue weighted by Gasteiger charge is -2.20. The van der Waals surface area contributed by atoms with E-state index in [-0.39, 0.29) is 5.15 Å². The fourth-order valence-electron chi connectivity index (χ4n) is 1.64. The zero-order chi connectivity index (χ0) is 13.1. The molecule has 0 bridgehead atoms. The van der Waals surface area contributed by atoms with Crippen molar-refractivity contribution in [1.82, 2.24) is 4.98 Å². The summed E-state index contributed by atoms with van der Waals surface area (Å²) < 4.78 is 9.76. The summed E-state index contributed by atoms with van der Waals surface area (Å²) in [5.41, 5.74) is 0. The second-order valence-corrected chi connectivity index (χ2v) is 5.36. The van der Waals surface area contributed by atoms with Gasteiger partial charge in [0.05, 0.1) is 13.7 Å². The van der Waals surface area contributed by atoms with Gasteiger partial charge in [0.25, 0.3) is 0 Å². The summed E-state index contributed by atoms with van der Waals surface area (Å²) in [6, 6.07) is 0.493. The van der Waals surface area contributed by atoms with Gasteiger partial charge in [-0.1, -0.05) is 22.9 Å². The molecule has 0 spiro atoms. The molecule has 0 N–H and O–H groups in total. The van der Waals surface area contributed by atoms with E-state index in [1.807, 2.05) is 0 Å². The summed E-state index contributed by atoms with van der Waals surface area (Å²) in [4.78, 5) is 18.2. The molecule has 0 radical (unpaired) electrons. The van der Waals surface area contributed by atoms with Crippen molar-refractivity contribution in [2.45, 2.75) is 18.9 Å². The predicted molar refractivity (Wildman–Crippen MR) is 70.7 cm³/mol. The molecule has 0 saturated heterocycles. The second kappa shape index (κ2) is 5.86. The first-order valence-corrected chi connectivity index (χ1v) is 6.87. The molecule has 100 valence electrons. The zero-order valence-corrected chi connectivity index (χ0v) is 11.9. The van der Waals surface area contributed by atoms with Gasteiger partial charge in [-0.3, -0.25) is 0 Å². The number of halogens is 1. The zero-order valence-electron chi connectivity index (χ0n) is 10.3. The van der Waals surface area contributed by atoms with Gasteiger partial charge in [0, 0.05) is 19.7 Å². The lowest BCUT2D eigenvalue weighted by Crippen LogP contribution is -2.29. The number of ether oxygens (including phenoxy) is 2. The molecule has 18 heavy (non-hydrogen) atoms. The van der Waals surface area contributed by atoms with Crippen LogP contribution in [0.2, 0.25) is 5.15 Å². The van der Waals surface area contributed by atoms with Crippen LogP contribution in [0.3, 0.4) is 0 Å². The van der Waals surface area contributed by atoms with Crippen molar-refractivity contribution in [2.24, 2.45) is 0 Å². The normalized spacial score (nSPS) is 14.6. The van der Waals surface area contributed by atoms with E-state index in [1.54, 1.807) is 7.11 Å². The van der Waals surface area contributed by atoms with E-state index in [4.69, 9.17) is 16.3 Å². The fraction of sp³-hybridized carbons (Fsp3) is 0.636. The molecule has 0 unspecified atom stereocenters. The first-order valence-electron chi connectivity index (χ1n) is 5.67. The summed E-state index contributed by atoms with van der Waals surface area (Å²) in [7, 11) is 3.00. The van der Waals surface area contributed by atoms with Crippen LogP contribution in [0.25, 0.3) is 0 Å². The van der Waals surface area contributed by atoms with Gasteiger partial charge in [-0.25, -0.2) is 9.78 Å². The average molecular weight is 291 g/mol. The largest absolute Gasteiger partial charge is 0.465 e. The molecule has 2 rings (SSSR count). The Kier molecular flexibility index (Phi) is 4.42. The highest BCUT2D eigenvalue weighted by atomic mass is 35.5. The molecule has 0 aromatic carbocycles. The number of hydrogen-bond donors (Lipinski definition) is 0. The molecule has 0 aliphatic heterocycles. The van der Waals surface area contributed by atoms with Gasteiger partial charge in [-0.15, -0.1) is 0 Å². The van der Waals surface area contributed by atoms with E-state index in [0.29, 0.717) is 17.5 Å². The molecule has 1 aliphatic rings. The van der Waals surface area contributed by atoms with Crippen LogP contribution in [0.1, 0.15) is 22.5 Å². The SMILES string of the molecule is COCCN(c1nc(Cl)c(C(=O)OC)s1)C1CC1. The molecule has 1 fully saturated rings. The molecule has 1 aromatic heterocycles. The van der Waals surface area contributed by atoms with E-state index < -0.39 is 5.97 Å². The number of nitrogens with zero attached hydrogens (tertiary/aromatic N) is 2. The number of rotatable bonds is 6. The van der Waals surface area contributed by atoms with Crippen molar-refractivity contribution >= 4 is 34.0 Å². The van der Waals surface area contributed by atoms with Crippen LogP contribution in [-0.2, 0) is 9.47 Å². The topological polar surface area (TPSA) is 51.7 Å². The van der Waals surface area contributed by atoms with Gasteiger partial charge >= 0.3 is 5.97 Å². The molecule has 1 heterocycles. The van der Waals surface area contributed by atoms with Crippen molar-refractivity contribution in [3.8, 4) is 0 Å². The summed E-state index contributed by atoms with van der Waals surface area (Å²) in [5.74, 6) is -0.439. The maximum atomic E-state index is 11.5. The van der Waals surface area contributed by atoms with Gasteiger partial charge in [0.1, 0.15) is 0 Å². The van der Waals surface area contributed by atoms with Crippen LogP contribution in [-0.4, -0.2) is 44.4 Å². The Labute approximate surface area is 115 Å². The molecule has 1 saturated carbocycles. The summed E-state index contributed by atoms with van der Waals surface area (Å²) in [6.07, 6.45) is 2.29. The van der Waals surface area contributed by atoms with Crippen molar-refractivity contribution in [2.75, 3.05) is 32.3 Å². The van der Waals surface area contributed by atoms with Gasteiger partial charge in [0.2, 0.25) is 0 Å². The van der Waals surface area contributed by atoms with Gasteiger partial charge in [0.15, 0.2) is 15.2 Å². The molecule has 7 heteroatoms. The number of carbonyl (C=O) groups is 1. The Balaban J connectivity index is 2.17. The number of aromatic nitrogens is 1. The standard InChI is InChI=1S/C11H15ClN2O3S/c1-16-6-5-14(7-3-4-7)11-13-9(12)8(18-11)10(15)17-2/h7H,3-6H2,1-2H3. The lowest BCUT2D eigenvalue weighted by molar-refractivity contribution is 0.0606. The summed E-state index contributed by atoms with van der Waals surface area (Å²) in [6.45, 7) is 1.38. The van der Waals surface area contributed by atoms with Crippen molar-refractivity contribution in [1.29, 1.82) is 0 Å². The first kappa shape index (κ1) is 13.6. The summed E-state index contributed by atoms with van der Waals surface area (Å²) >= 11 is 7.23. The van der Waals surface area contributed by atoms with E-state index in [9.17, 15) is 4.79 Å². The molecule has 5 nitrogen and oxygen atoms in total. The first-order chi connectivity index (χ1) is 8.67. The number of methoxy groups -OCH3 is 2. The van der Waals surface area contributed by atoms with Crippen LogP contribution in [0.4, 0.5) is 5.13 Å². The van der Waals surface area contributed by atoms with Gasteiger partial charge < -0.3 is 14.4 Å². The number of esters is 1. The third kappa shape index (κ3) is 2.93. The van der Waals surface area contributed by atoms with E-state index in [0.717, 1.165) is 24.5 Å². The van der Waals surface area contributed by atoms with E-state index in [1.165, 1.54) is 18.4 Å². The van der Waals surface area contributed by atoms with Crippen LogP contribution >= 0.6 is 22.9 Å². The Hall–Kier alpha value is -0.850. The number of thiazole rings is 1. The monoisotopic (exact) mass is 290 g/mol. The highest BCUT2D eigenvalue weighted by Crippen LogP contribution is 2.36.